The first-order valence-electron chi connectivity index (χ1n) is 10.9. The normalized spacial score (nSPS) is 17.3. The van der Waals surface area contributed by atoms with Gasteiger partial charge in [0, 0.05) is 31.3 Å². The van der Waals surface area contributed by atoms with Crippen molar-refractivity contribution < 1.29 is 23.6 Å². The molecule has 0 aliphatic carbocycles. The fourth-order valence-corrected chi connectivity index (χ4v) is 4.67. The van der Waals surface area contributed by atoms with E-state index in [4.69, 9.17) is 14.0 Å². The number of rotatable bonds is 3. The first kappa shape index (κ1) is 20.5. The van der Waals surface area contributed by atoms with E-state index in [0.29, 0.717) is 60.7 Å². The molecule has 7 nitrogen and oxygen atoms in total. The standard InChI is InChI=1S/C25H26N2O5/c1-15-10-18-20(26-32-23(18)11-16(15)2)13-24(29)27-8-6-25(7-9-27)14-21(28)19-12-17(30-3)4-5-22(19)31-25/h4-5,10-12H,6-9,13-14H2,1-3H3. The molecule has 1 aromatic heterocycles. The monoisotopic (exact) mass is 434 g/mol. The van der Waals surface area contributed by atoms with Crippen molar-refractivity contribution in [3.63, 3.8) is 0 Å². The van der Waals surface area contributed by atoms with E-state index >= 15 is 0 Å². The molecule has 1 fully saturated rings. The molecule has 1 amide bonds. The van der Waals surface area contributed by atoms with Crippen molar-refractivity contribution in [2.24, 2.45) is 0 Å². The molecule has 2 aliphatic heterocycles. The zero-order chi connectivity index (χ0) is 22.5. The molecule has 2 aromatic carbocycles. The fourth-order valence-electron chi connectivity index (χ4n) is 4.67. The van der Waals surface area contributed by atoms with Crippen molar-refractivity contribution in [3.8, 4) is 11.5 Å². The molecular weight excluding hydrogens is 408 g/mol. The number of aromatic nitrogens is 1. The minimum atomic E-state index is -0.551. The molecule has 1 saturated heterocycles. The summed E-state index contributed by atoms with van der Waals surface area (Å²) < 4.78 is 17.0. The van der Waals surface area contributed by atoms with Crippen LogP contribution in [0.15, 0.2) is 34.9 Å². The number of nitrogens with zero attached hydrogens (tertiary/aromatic N) is 2. The number of carbonyl (C=O) groups excluding carboxylic acids is 2. The van der Waals surface area contributed by atoms with Gasteiger partial charge in [0.2, 0.25) is 5.91 Å². The number of Topliss-reactive ketones (excluding diaryl/α,β-unsaturated/α-hetero) is 1. The van der Waals surface area contributed by atoms with E-state index in [1.54, 1.807) is 25.3 Å². The average Bonchev–Trinajstić information content (AvgIpc) is 3.15. The van der Waals surface area contributed by atoms with Crippen LogP contribution in [0.3, 0.4) is 0 Å². The summed E-state index contributed by atoms with van der Waals surface area (Å²) in [6, 6.07) is 9.32. The Labute approximate surface area is 186 Å². The van der Waals surface area contributed by atoms with Gasteiger partial charge in [-0.2, -0.15) is 0 Å². The Kier molecular flexibility index (Phi) is 4.92. The topological polar surface area (TPSA) is 81.9 Å². The number of amides is 1. The predicted octanol–water partition coefficient (Wildman–Crippen LogP) is 4.02. The highest BCUT2D eigenvalue weighted by Crippen LogP contribution is 2.40. The van der Waals surface area contributed by atoms with Crippen molar-refractivity contribution >= 4 is 22.7 Å². The summed E-state index contributed by atoms with van der Waals surface area (Å²) in [6.45, 7) is 5.16. The highest BCUT2D eigenvalue weighted by Gasteiger charge is 2.43. The lowest BCUT2D eigenvalue weighted by Gasteiger charge is -2.44. The second-order valence-corrected chi connectivity index (χ2v) is 8.87. The number of aryl methyl sites for hydroxylation is 2. The summed E-state index contributed by atoms with van der Waals surface area (Å²) in [5, 5.41) is 5.03. The van der Waals surface area contributed by atoms with Crippen LogP contribution in [0.5, 0.6) is 11.5 Å². The maximum atomic E-state index is 13.0. The van der Waals surface area contributed by atoms with Crippen LogP contribution in [0, 0.1) is 13.8 Å². The van der Waals surface area contributed by atoms with Gasteiger partial charge in [0.15, 0.2) is 11.4 Å². The lowest BCUT2D eigenvalue weighted by Crippen LogP contribution is -2.52. The molecule has 0 radical (unpaired) electrons. The zero-order valence-corrected chi connectivity index (χ0v) is 18.6. The van der Waals surface area contributed by atoms with Gasteiger partial charge in [-0.15, -0.1) is 0 Å². The van der Waals surface area contributed by atoms with Gasteiger partial charge in [-0.1, -0.05) is 5.16 Å². The van der Waals surface area contributed by atoms with Crippen LogP contribution in [-0.2, 0) is 11.2 Å². The van der Waals surface area contributed by atoms with Crippen LogP contribution < -0.4 is 9.47 Å². The van der Waals surface area contributed by atoms with E-state index in [1.807, 2.05) is 30.9 Å². The zero-order valence-electron chi connectivity index (χ0n) is 18.6. The van der Waals surface area contributed by atoms with Crippen molar-refractivity contribution in [2.45, 2.75) is 45.1 Å². The van der Waals surface area contributed by atoms with Crippen molar-refractivity contribution in [1.82, 2.24) is 10.1 Å². The lowest BCUT2D eigenvalue weighted by molar-refractivity contribution is -0.134. The second kappa shape index (κ2) is 7.65. The largest absolute Gasteiger partial charge is 0.497 e. The Morgan fingerprint density at radius 2 is 1.91 bits per heavy atom. The number of ketones is 1. The van der Waals surface area contributed by atoms with Crippen molar-refractivity contribution in [2.75, 3.05) is 20.2 Å². The van der Waals surface area contributed by atoms with Crippen LogP contribution >= 0.6 is 0 Å². The van der Waals surface area contributed by atoms with Crippen LogP contribution in [0.25, 0.3) is 11.0 Å². The number of hydrogen-bond acceptors (Lipinski definition) is 6. The predicted molar refractivity (Wildman–Crippen MR) is 118 cm³/mol. The number of carbonyl (C=O) groups is 2. The van der Waals surface area contributed by atoms with Gasteiger partial charge in [-0.3, -0.25) is 9.59 Å². The van der Waals surface area contributed by atoms with E-state index in [-0.39, 0.29) is 18.1 Å². The van der Waals surface area contributed by atoms with E-state index < -0.39 is 5.60 Å². The third-order valence-electron chi connectivity index (χ3n) is 6.80. The van der Waals surface area contributed by atoms with Gasteiger partial charge in [0.1, 0.15) is 22.8 Å². The van der Waals surface area contributed by atoms with Gasteiger partial charge < -0.3 is 18.9 Å². The first-order chi connectivity index (χ1) is 15.4. The highest BCUT2D eigenvalue weighted by molar-refractivity contribution is 6.00. The van der Waals surface area contributed by atoms with Gasteiger partial charge >= 0.3 is 0 Å². The maximum absolute atomic E-state index is 13.0. The fraction of sp³-hybridized carbons (Fsp3) is 0.400. The van der Waals surface area contributed by atoms with E-state index in [2.05, 4.69) is 5.16 Å². The van der Waals surface area contributed by atoms with Crippen molar-refractivity contribution in [3.05, 3.63) is 52.7 Å². The minimum Gasteiger partial charge on any atom is -0.497 e. The minimum absolute atomic E-state index is 0.0144. The molecule has 0 bridgehead atoms. The average molecular weight is 434 g/mol. The Hall–Kier alpha value is -3.35. The van der Waals surface area contributed by atoms with Gasteiger partial charge in [-0.25, -0.2) is 0 Å². The SMILES string of the molecule is COc1ccc2c(c1)C(=O)CC1(CCN(C(=O)Cc3noc4cc(C)c(C)cc34)CC1)O2. The number of methoxy groups -OCH3 is 1. The molecule has 0 unspecified atom stereocenters. The number of likely N-dealkylation sites (tertiary alicyclic amines) is 1. The summed E-state index contributed by atoms with van der Waals surface area (Å²) in [5.74, 6) is 1.31. The van der Waals surface area contributed by atoms with Gasteiger partial charge in [-0.05, 0) is 55.3 Å². The number of benzene rings is 2. The first-order valence-corrected chi connectivity index (χ1v) is 10.9. The van der Waals surface area contributed by atoms with E-state index in [0.717, 1.165) is 16.5 Å². The molecule has 0 N–H and O–H groups in total. The summed E-state index contributed by atoms with van der Waals surface area (Å²) in [5.41, 5.74) is 3.67. The number of ether oxygens (including phenoxy) is 2. The molecule has 32 heavy (non-hydrogen) atoms. The Balaban J connectivity index is 1.27. The highest BCUT2D eigenvalue weighted by atomic mass is 16.5. The smallest absolute Gasteiger partial charge is 0.228 e. The number of piperidine rings is 1. The van der Waals surface area contributed by atoms with Crippen LogP contribution in [0.2, 0.25) is 0 Å². The molecule has 7 heteroatoms. The molecule has 1 spiro atoms. The third-order valence-corrected chi connectivity index (χ3v) is 6.80. The molecule has 3 aromatic rings. The molecule has 3 heterocycles. The molecular formula is C25H26N2O5. The number of hydrogen-bond donors (Lipinski definition) is 0. The summed E-state index contributed by atoms with van der Waals surface area (Å²) in [4.78, 5) is 27.6. The maximum Gasteiger partial charge on any atom is 0.228 e. The van der Waals surface area contributed by atoms with E-state index in [1.165, 1.54) is 0 Å². The van der Waals surface area contributed by atoms with Crippen LogP contribution in [-0.4, -0.2) is 47.5 Å². The Morgan fingerprint density at radius 3 is 2.66 bits per heavy atom. The van der Waals surface area contributed by atoms with Crippen LogP contribution in [0.1, 0.15) is 46.4 Å². The Morgan fingerprint density at radius 1 is 1.16 bits per heavy atom. The molecule has 2 aliphatic rings. The molecule has 5 rings (SSSR count). The number of fused-ring (bicyclic) bond motifs is 2. The molecule has 166 valence electrons. The third kappa shape index (κ3) is 3.51. The van der Waals surface area contributed by atoms with E-state index in [9.17, 15) is 9.59 Å². The Bertz CT molecular complexity index is 1220. The molecule has 0 atom stereocenters. The van der Waals surface area contributed by atoms with Gasteiger partial charge in [0.05, 0.1) is 25.5 Å². The quantitative estimate of drug-likeness (QED) is 0.619. The summed E-state index contributed by atoms with van der Waals surface area (Å²) in [6.07, 6.45) is 1.76. The van der Waals surface area contributed by atoms with Crippen molar-refractivity contribution in [1.29, 1.82) is 0 Å². The van der Waals surface area contributed by atoms with Crippen LogP contribution in [0.4, 0.5) is 0 Å². The van der Waals surface area contributed by atoms with Gasteiger partial charge in [0.25, 0.3) is 0 Å². The molecule has 0 saturated carbocycles. The summed E-state index contributed by atoms with van der Waals surface area (Å²) >= 11 is 0. The second-order valence-electron chi connectivity index (χ2n) is 8.87. The lowest BCUT2D eigenvalue weighted by atomic mass is 9.82. The summed E-state index contributed by atoms with van der Waals surface area (Å²) in [7, 11) is 1.58.